The third kappa shape index (κ3) is 30.5. The van der Waals surface area contributed by atoms with Gasteiger partial charge in [-0.05, 0) is 44.9 Å². The number of aliphatic hydroxyl groups excluding tert-OH is 1. The fourth-order valence-corrected chi connectivity index (χ4v) is 4.04. The normalized spacial score (nSPS) is 13.2. The highest BCUT2D eigenvalue weighted by molar-refractivity contribution is 5.69. The number of allylic oxidation sites excluding steroid dienone is 9. The van der Waals surface area contributed by atoms with Gasteiger partial charge in [0.1, 0.15) is 6.10 Å². The Morgan fingerprint density at radius 3 is 1.59 bits per heavy atom. The summed E-state index contributed by atoms with van der Waals surface area (Å²) in [4.78, 5) is 12.0. The van der Waals surface area contributed by atoms with Crippen molar-refractivity contribution in [3.63, 3.8) is 0 Å². The molecule has 0 heterocycles. The van der Waals surface area contributed by atoms with E-state index in [0.717, 1.165) is 51.4 Å². The zero-order valence-corrected chi connectivity index (χ0v) is 25.4. The topological polar surface area (TPSA) is 55.8 Å². The summed E-state index contributed by atoms with van der Waals surface area (Å²) in [6.07, 6.45) is 41.2. The number of unbranched alkanes of at least 4 members (excludes halogenated alkanes) is 10. The molecule has 0 spiro atoms. The predicted molar refractivity (Wildman–Crippen MR) is 168 cm³/mol. The lowest BCUT2D eigenvalue weighted by molar-refractivity contribution is -0.154. The van der Waals surface area contributed by atoms with Crippen molar-refractivity contribution in [3.8, 4) is 0 Å². The van der Waals surface area contributed by atoms with Crippen molar-refractivity contribution in [2.45, 2.75) is 136 Å². The second kappa shape index (κ2) is 32.3. The smallest absolute Gasteiger partial charge is 0.306 e. The Morgan fingerprint density at radius 2 is 1.10 bits per heavy atom. The van der Waals surface area contributed by atoms with Crippen LogP contribution >= 0.6 is 0 Å². The van der Waals surface area contributed by atoms with E-state index in [9.17, 15) is 9.90 Å². The molecule has 0 aromatic rings. The molecule has 4 nitrogen and oxygen atoms in total. The summed E-state index contributed by atoms with van der Waals surface area (Å²) in [5, 5.41) is 9.49. The molecule has 0 saturated heterocycles. The molecule has 0 amide bonds. The summed E-state index contributed by atoms with van der Waals surface area (Å²) >= 11 is 0. The fourth-order valence-electron chi connectivity index (χ4n) is 4.04. The molecule has 224 valence electrons. The van der Waals surface area contributed by atoms with E-state index in [1.165, 1.54) is 57.8 Å². The minimum absolute atomic E-state index is 0.203. The standard InChI is InChI=1S/C35H60O4/c1-3-5-7-9-11-13-15-16-17-18-19-21-23-25-27-29-31-38-33-34(32-36)39-35(37)30-28-26-24-22-20-14-12-10-8-6-4-2/h5,7,11,13,16-17,19,21,25,27,34,36H,3-4,6,8-10,12,14-15,18,20,22-24,26,28-33H2,1-2H3/b7-5-,13-11-,17-16-,21-19-,27-25-. The monoisotopic (exact) mass is 544 g/mol. The lowest BCUT2D eigenvalue weighted by atomic mass is 10.1. The SMILES string of the molecule is CC/C=C\C/C=C\C/C=C\C/C=C\C/C=C\CCOCC(CO)OC(=O)CCCCCCCCCCCCC. The van der Waals surface area contributed by atoms with Crippen molar-refractivity contribution >= 4 is 5.97 Å². The first kappa shape index (κ1) is 37.1. The minimum atomic E-state index is -0.571. The third-order valence-electron chi connectivity index (χ3n) is 6.38. The number of ether oxygens (including phenoxy) is 2. The Labute approximate surface area is 241 Å². The highest BCUT2D eigenvalue weighted by Gasteiger charge is 2.13. The summed E-state index contributed by atoms with van der Waals surface area (Å²) in [5.74, 6) is -0.230. The lowest BCUT2D eigenvalue weighted by Gasteiger charge is -2.15. The Hall–Kier alpha value is -1.91. The molecule has 0 aliphatic heterocycles. The molecule has 0 aliphatic carbocycles. The average molecular weight is 545 g/mol. The second-order valence-corrected chi connectivity index (χ2v) is 10.2. The number of hydrogen-bond acceptors (Lipinski definition) is 4. The van der Waals surface area contributed by atoms with E-state index in [2.05, 4.69) is 74.6 Å². The van der Waals surface area contributed by atoms with Crippen LogP contribution in [0.4, 0.5) is 0 Å². The van der Waals surface area contributed by atoms with Gasteiger partial charge in [0.05, 0.1) is 19.8 Å². The Balaban J connectivity index is 3.62. The molecule has 0 aromatic heterocycles. The van der Waals surface area contributed by atoms with Crippen molar-refractivity contribution in [1.82, 2.24) is 0 Å². The van der Waals surface area contributed by atoms with Gasteiger partial charge in [-0.2, -0.15) is 0 Å². The highest BCUT2D eigenvalue weighted by Crippen LogP contribution is 2.12. The van der Waals surface area contributed by atoms with Gasteiger partial charge in [-0.3, -0.25) is 4.79 Å². The molecule has 1 atom stereocenters. The number of esters is 1. The number of carbonyl (C=O) groups is 1. The highest BCUT2D eigenvalue weighted by atomic mass is 16.6. The summed E-state index contributed by atoms with van der Waals surface area (Å²) in [5.41, 5.74) is 0. The van der Waals surface area contributed by atoms with Crippen LogP contribution in [0.1, 0.15) is 129 Å². The predicted octanol–water partition coefficient (Wildman–Crippen LogP) is 9.75. The molecule has 0 bridgehead atoms. The lowest BCUT2D eigenvalue weighted by Crippen LogP contribution is -2.27. The number of carbonyl (C=O) groups excluding carboxylic acids is 1. The summed E-state index contributed by atoms with van der Waals surface area (Å²) in [7, 11) is 0. The van der Waals surface area contributed by atoms with Crippen molar-refractivity contribution < 1.29 is 19.4 Å². The zero-order chi connectivity index (χ0) is 28.5. The molecule has 39 heavy (non-hydrogen) atoms. The first-order valence-electron chi connectivity index (χ1n) is 15.9. The van der Waals surface area contributed by atoms with E-state index in [1.54, 1.807) is 0 Å². The van der Waals surface area contributed by atoms with E-state index < -0.39 is 6.10 Å². The molecule has 0 aliphatic rings. The van der Waals surface area contributed by atoms with Gasteiger partial charge < -0.3 is 14.6 Å². The molecule has 0 aromatic carbocycles. The van der Waals surface area contributed by atoms with E-state index in [1.807, 2.05) is 0 Å². The van der Waals surface area contributed by atoms with Gasteiger partial charge in [0.25, 0.3) is 0 Å². The van der Waals surface area contributed by atoms with Crippen LogP contribution in [0, 0.1) is 0 Å². The van der Waals surface area contributed by atoms with Crippen LogP contribution < -0.4 is 0 Å². The van der Waals surface area contributed by atoms with Crippen LogP contribution in [0.25, 0.3) is 0 Å². The number of rotatable bonds is 28. The Morgan fingerprint density at radius 1 is 0.641 bits per heavy atom. The van der Waals surface area contributed by atoms with E-state index >= 15 is 0 Å². The molecule has 4 heteroatoms. The van der Waals surface area contributed by atoms with Gasteiger partial charge in [0.15, 0.2) is 0 Å². The molecule has 1 N–H and O–H groups in total. The van der Waals surface area contributed by atoms with E-state index in [-0.39, 0.29) is 19.2 Å². The van der Waals surface area contributed by atoms with Crippen molar-refractivity contribution in [3.05, 3.63) is 60.8 Å². The van der Waals surface area contributed by atoms with Crippen molar-refractivity contribution in [1.29, 1.82) is 0 Å². The third-order valence-corrected chi connectivity index (χ3v) is 6.38. The van der Waals surface area contributed by atoms with Crippen LogP contribution in [0.2, 0.25) is 0 Å². The van der Waals surface area contributed by atoms with Gasteiger partial charge in [-0.15, -0.1) is 0 Å². The van der Waals surface area contributed by atoms with E-state index in [0.29, 0.717) is 13.0 Å². The molecule has 0 radical (unpaired) electrons. The molecule has 0 rings (SSSR count). The van der Waals surface area contributed by atoms with Gasteiger partial charge in [-0.25, -0.2) is 0 Å². The van der Waals surface area contributed by atoms with E-state index in [4.69, 9.17) is 9.47 Å². The fraction of sp³-hybridized carbons (Fsp3) is 0.686. The minimum Gasteiger partial charge on any atom is -0.457 e. The van der Waals surface area contributed by atoms with Gasteiger partial charge >= 0.3 is 5.97 Å². The first-order chi connectivity index (χ1) is 19.2. The van der Waals surface area contributed by atoms with Crippen LogP contribution in [0.5, 0.6) is 0 Å². The van der Waals surface area contributed by atoms with Crippen molar-refractivity contribution in [2.24, 2.45) is 0 Å². The maximum absolute atomic E-state index is 12.0. The summed E-state index contributed by atoms with van der Waals surface area (Å²) in [6, 6.07) is 0. The zero-order valence-electron chi connectivity index (χ0n) is 25.4. The molecule has 1 unspecified atom stereocenters. The molecular formula is C35H60O4. The quantitative estimate of drug-likeness (QED) is 0.0605. The van der Waals surface area contributed by atoms with Crippen LogP contribution in [0.3, 0.4) is 0 Å². The summed E-state index contributed by atoms with van der Waals surface area (Å²) < 4.78 is 11.0. The molecule has 0 saturated carbocycles. The first-order valence-corrected chi connectivity index (χ1v) is 15.9. The van der Waals surface area contributed by atoms with Gasteiger partial charge in [0, 0.05) is 6.42 Å². The number of aliphatic hydroxyl groups is 1. The maximum atomic E-state index is 12.0. The maximum Gasteiger partial charge on any atom is 0.306 e. The second-order valence-electron chi connectivity index (χ2n) is 10.2. The van der Waals surface area contributed by atoms with Gasteiger partial charge in [0.2, 0.25) is 0 Å². The van der Waals surface area contributed by atoms with Gasteiger partial charge in [-0.1, -0.05) is 139 Å². The largest absolute Gasteiger partial charge is 0.457 e. The molecular weight excluding hydrogens is 484 g/mol. The van der Waals surface area contributed by atoms with Crippen LogP contribution in [-0.4, -0.2) is 37.0 Å². The number of hydrogen-bond donors (Lipinski definition) is 1. The Kier molecular flexibility index (Phi) is 30.7. The average Bonchev–Trinajstić information content (AvgIpc) is 2.94. The van der Waals surface area contributed by atoms with Crippen LogP contribution in [-0.2, 0) is 14.3 Å². The Bertz CT molecular complexity index is 660. The molecule has 0 fully saturated rings. The van der Waals surface area contributed by atoms with Crippen LogP contribution in [0.15, 0.2) is 60.8 Å². The van der Waals surface area contributed by atoms with Crippen molar-refractivity contribution in [2.75, 3.05) is 19.8 Å². The summed E-state index contributed by atoms with van der Waals surface area (Å²) in [6.45, 7) is 5.00.